The molecule has 1 unspecified atom stereocenters. The van der Waals surface area contributed by atoms with Crippen LogP contribution in [0.3, 0.4) is 0 Å². The molecule has 8 heteroatoms. The summed E-state index contributed by atoms with van der Waals surface area (Å²) in [5.41, 5.74) is -1.09. The lowest BCUT2D eigenvalue weighted by atomic mass is 10.1. The summed E-state index contributed by atoms with van der Waals surface area (Å²) in [5, 5.41) is 1.96. The van der Waals surface area contributed by atoms with Gasteiger partial charge >= 0.3 is 12.3 Å². The van der Waals surface area contributed by atoms with Gasteiger partial charge in [-0.2, -0.15) is 13.2 Å². The van der Waals surface area contributed by atoms with Crippen LogP contribution in [0.4, 0.5) is 18.0 Å². The quantitative estimate of drug-likeness (QED) is 0.753. The molecule has 1 aromatic rings. The average molecular weight is 389 g/mol. The van der Waals surface area contributed by atoms with E-state index in [-0.39, 0.29) is 15.1 Å². The fourth-order valence-corrected chi connectivity index (χ4v) is 2.15. The molecule has 0 aliphatic rings. The van der Waals surface area contributed by atoms with Gasteiger partial charge in [0.25, 0.3) is 0 Å². The van der Waals surface area contributed by atoms with Gasteiger partial charge in [-0.25, -0.2) is 4.79 Å². The molecule has 0 aromatic heterocycles. The number of alkyl carbamates (subject to hydrolysis) is 1. The minimum Gasteiger partial charge on any atom is -0.444 e. The molecule has 118 valence electrons. The largest absolute Gasteiger partial charge is 0.444 e. The summed E-state index contributed by atoms with van der Waals surface area (Å²) in [7, 11) is 0. The van der Waals surface area contributed by atoms with Crippen LogP contribution in [-0.2, 0) is 4.74 Å². The molecule has 0 radical (unpaired) electrons. The van der Waals surface area contributed by atoms with Crippen LogP contribution >= 0.6 is 27.5 Å². The number of carbonyl (C=O) groups excluding carboxylic acids is 1. The molecular weight excluding hydrogens is 374 g/mol. The highest BCUT2D eigenvalue weighted by molar-refractivity contribution is 9.10. The smallest absolute Gasteiger partial charge is 0.413 e. The maximum atomic E-state index is 13.2. The number of nitrogens with one attached hydrogen (secondary N) is 1. The Hall–Kier alpha value is -0.950. The molecule has 0 spiro atoms. The van der Waals surface area contributed by atoms with E-state index in [1.165, 1.54) is 12.1 Å². The van der Waals surface area contributed by atoms with Crippen molar-refractivity contribution in [1.82, 2.24) is 5.32 Å². The summed E-state index contributed by atoms with van der Waals surface area (Å²) < 4.78 is 44.6. The highest BCUT2D eigenvalue weighted by atomic mass is 79.9. The summed E-state index contributed by atoms with van der Waals surface area (Å²) >= 11 is 8.75. The molecule has 0 heterocycles. The molecule has 0 saturated heterocycles. The van der Waals surface area contributed by atoms with Crippen molar-refractivity contribution >= 4 is 33.6 Å². The fourth-order valence-electron chi connectivity index (χ4n) is 1.50. The van der Waals surface area contributed by atoms with Crippen LogP contribution in [0, 0.1) is 0 Å². The molecule has 1 rings (SSSR count). The number of hydrogen-bond acceptors (Lipinski definition) is 2. The van der Waals surface area contributed by atoms with Crippen molar-refractivity contribution in [3.05, 3.63) is 33.3 Å². The Morgan fingerprint density at radius 3 is 2.38 bits per heavy atom. The van der Waals surface area contributed by atoms with Gasteiger partial charge in [0.15, 0.2) is 6.04 Å². The third-order valence-corrected chi connectivity index (χ3v) is 3.21. The van der Waals surface area contributed by atoms with Crippen molar-refractivity contribution in [3.63, 3.8) is 0 Å². The first-order valence-corrected chi connectivity index (χ1v) is 7.08. The molecule has 3 nitrogen and oxygen atoms in total. The number of carbonyl (C=O) groups is 1. The summed E-state index contributed by atoms with van der Waals surface area (Å²) in [6.07, 6.45) is -5.85. The van der Waals surface area contributed by atoms with Crippen LogP contribution in [-0.4, -0.2) is 17.9 Å². The topological polar surface area (TPSA) is 38.3 Å². The van der Waals surface area contributed by atoms with E-state index in [2.05, 4.69) is 15.9 Å². The fraction of sp³-hybridized carbons (Fsp3) is 0.462. The Bertz CT molecular complexity index is 529. The van der Waals surface area contributed by atoms with Crippen LogP contribution in [0.25, 0.3) is 0 Å². The van der Waals surface area contributed by atoms with Crippen molar-refractivity contribution in [3.8, 4) is 0 Å². The first-order chi connectivity index (χ1) is 9.40. The lowest BCUT2D eigenvalue weighted by Crippen LogP contribution is -2.41. The predicted molar refractivity (Wildman–Crippen MR) is 77.3 cm³/mol. The zero-order valence-corrected chi connectivity index (χ0v) is 13.9. The van der Waals surface area contributed by atoms with Crippen LogP contribution in [0.2, 0.25) is 5.02 Å². The highest BCUT2D eigenvalue weighted by Gasteiger charge is 2.43. The Kier molecular flexibility index (Phi) is 5.55. The molecule has 1 atom stereocenters. The normalized spacial score (nSPS) is 13.7. The second kappa shape index (κ2) is 6.44. The lowest BCUT2D eigenvalue weighted by Gasteiger charge is -2.26. The average Bonchev–Trinajstić information content (AvgIpc) is 2.26. The second-order valence-corrected chi connectivity index (χ2v) is 6.58. The highest BCUT2D eigenvalue weighted by Crippen LogP contribution is 2.37. The molecule has 0 aliphatic heterocycles. The molecule has 0 bridgehead atoms. The monoisotopic (exact) mass is 387 g/mol. The van der Waals surface area contributed by atoms with Crippen molar-refractivity contribution in [2.24, 2.45) is 0 Å². The van der Waals surface area contributed by atoms with E-state index in [0.29, 0.717) is 0 Å². The van der Waals surface area contributed by atoms with Gasteiger partial charge in [0.2, 0.25) is 0 Å². The number of halogens is 5. The number of hydrogen-bond donors (Lipinski definition) is 1. The maximum Gasteiger partial charge on any atom is 0.413 e. The zero-order chi connectivity index (χ0) is 16.4. The SMILES string of the molecule is CC(C)(C)OC(=O)NC(c1cc(Cl)ccc1Br)C(F)(F)F. The van der Waals surface area contributed by atoms with Gasteiger partial charge in [-0.15, -0.1) is 0 Å². The van der Waals surface area contributed by atoms with Gasteiger partial charge in [0.05, 0.1) is 0 Å². The van der Waals surface area contributed by atoms with Gasteiger partial charge < -0.3 is 10.1 Å². The minimum absolute atomic E-state index is 0.133. The minimum atomic E-state index is -4.69. The third-order valence-electron chi connectivity index (χ3n) is 2.26. The Labute approximate surface area is 133 Å². The number of benzene rings is 1. The maximum absolute atomic E-state index is 13.2. The van der Waals surface area contributed by atoms with E-state index in [1.807, 2.05) is 5.32 Å². The summed E-state index contributed by atoms with van der Waals surface area (Å²) in [6.45, 7) is 4.68. The van der Waals surface area contributed by atoms with Crippen LogP contribution in [0.5, 0.6) is 0 Å². The number of rotatable bonds is 2. The van der Waals surface area contributed by atoms with Gasteiger partial charge in [0.1, 0.15) is 5.60 Å². The number of ether oxygens (including phenoxy) is 1. The molecule has 0 aliphatic carbocycles. The Morgan fingerprint density at radius 2 is 1.90 bits per heavy atom. The van der Waals surface area contributed by atoms with Gasteiger partial charge in [-0.3, -0.25) is 0 Å². The summed E-state index contributed by atoms with van der Waals surface area (Å²) in [4.78, 5) is 11.6. The Morgan fingerprint density at radius 1 is 1.33 bits per heavy atom. The van der Waals surface area contributed by atoms with Gasteiger partial charge in [-0.1, -0.05) is 27.5 Å². The lowest BCUT2D eigenvalue weighted by molar-refractivity contribution is -0.157. The molecule has 1 N–H and O–H groups in total. The summed E-state index contributed by atoms with van der Waals surface area (Å²) in [5.74, 6) is 0. The predicted octanol–water partition coefficient (Wildman–Crippen LogP) is 5.23. The zero-order valence-electron chi connectivity index (χ0n) is 11.5. The van der Waals surface area contributed by atoms with Crippen LogP contribution < -0.4 is 5.32 Å². The third kappa shape index (κ3) is 5.74. The van der Waals surface area contributed by atoms with Crippen LogP contribution in [0.15, 0.2) is 22.7 Å². The van der Waals surface area contributed by atoms with E-state index < -0.39 is 23.9 Å². The molecule has 21 heavy (non-hydrogen) atoms. The Balaban J connectivity index is 3.08. The van der Waals surface area contributed by atoms with Crippen molar-refractivity contribution in [1.29, 1.82) is 0 Å². The number of amides is 1. The standard InChI is InChI=1S/C13H14BrClF3NO2/c1-12(2,3)21-11(20)19-10(13(16,17)18)8-6-7(15)4-5-9(8)14/h4-6,10H,1-3H3,(H,19,20). The van der Waals surface area contributed by atoms with E-state index in [0.717, 1.165) is 6.07 Å². The van der Waals surface area contributed by atoms with Gasteiger partial charge in [0, 0.05) is 9.50 Å². The molecule has 1 aromatic carbocycles. The van der Waals surface area contributed by atoms with E-state index in [1.54, 1.807) is 20.8 Å². The first-order valence-electron chi connectivity index (χ1n) is 5.91. The molecule has 0 saturated carbocycles. The van der Waals surface area contributed by atoms with Crippen molar-refractivity contribution < 1.29 is 22.7 Å². The number of alkyl halides is 3. The van der Waals surface area contributed by atoms with Crippen molar-refractivity contribution in [2.75, 3.05) is 0 Å². The van der Waals surface area contributed by atoms with E-state index in [9.17, 15) is 18.0 Å². The molecule has 1 amide bonds. The molecular formula is C13H14BrClF3NO2. The van der Waals surface area contributed by atoms with E-state index in [4.69, 9.17) is 16.3 Å². The summed E-state index contributed by atoms with van der Waals surface area (Å²) in [6, 6.07) is 1.74. The van der Waals surface area contributed by atoms with Crippen molar-refractivity contribution in [2.45, 2.75) is 38.6 Å². The van der Waals surface area contributed by atoms with Crippen LogP contribution in [0.1, 0.15) is 32.4 Å². The first kappa shape index (κ1) is 18.1. The van der Waals surface area contributed by atoms with E-state index >= 15 is 0 Å². The molecule has 0 fully saturated rings. The second-order valence-electron chi connectivity index (χ2n) is 5.29. The van der Waals surface area contributed by atoms with Gasteiger partial charge in [-0.05, 0) is 44.5 Å².